The van der Waals surface area contributed by atoms with E-state index in [4.69, 9.17) is 4.74 Å². The third-order valence-corrected chi connectivity index (χ3v) is 5.08. The van der Waals surface area contributed by atoms with E-state index in [-0.39, 0.29) is 0 Å². The molecule has 2 N–H and O–H groups in total. The summed E-state index contributed by atoms with van der Waals surface area (Å²) in [5, 5.41) is 11.3. The number of nitrogens with zero attached hydrogens (tertiary/aromatic N) is 4. The number of aromatic nitrogens is 3. The summed E-state index contributed by atoms with van der Waals surface area (Å²) in [5.41, 5.74) is 0. The van der Waals surface area contributed by atoms with Crippen molar-refractivity contribution in [1.29, 1.82) is 0 Å². The predicted octanol–water partition coefficient (Wildman–Crippen LogP) is 1.81. The van der Waals surface area contributed by atoms with Crippen molar-refractivity contribution in [3.8, 4) is 0 Å². The van der Waals surface area contributed by atoms with Crippen LogP contribution in [0.2, 0.25) is 0 Å². The van der Waals surface area contributed by atoms with Gasteiger partial charge in [0.1, 0.15) is 11.6 Å². The number of guanidine groups is 1. The van der Waals surface area contributed by atoms with Crippen LogP contribution in [0.1, 0.15) is 56.6 Å². The van der Waals surface area contributed by atoms with Gasteiger partial charge >= 0.3 is 0 Å². The molecule has 1 aliphatic heterocycles. The summed E-state index contributed by atoms with van der Waals surface area (Å²) in [6, 6.07) is 0.336. The highest BCUT2D eigenvalue weighted by atomic mass is 16.5. The molecule has 1 aromatic rings. The minimum Gasteiger partial charge on any atom is -0.376 e. The number of fused-ring (bicyclic) bond motifs is 1. The van der Waals surface area contributed by atoms with Gasteiger partial charge in [-0.05, 0) is 26.2 Å². The van der Waals surface area contributed by atoms with Gasteiger partial charge in [0.2, 0.25) is 0 Å². The summed E-state index contributed by atoms with van der Waals surface area (Å²) in [6.07, 6.45) is 10.2. The fourth-order valence-corrected chi connectivity index (χ4v) is 3.74. The monoisotopic (exact) mass is 348 g/mol. The molecule has 0 saturated heterocycles. The van der Waals surface area contributed by atoms with Gasteiger partial charge in [0, 0.05) is 26.1 Å². The zero-order valence-corrected chi connectivity index (χ0v) is 15.6. The first-order valence-corrected chi connectivity index (χ1v) is 9.73. The Morgan fingerprint density at radius 2 is 2.04 bits per heavy atom. The van der Waals surface area contributed by atoms with E-state index in [0.29, 0.717) is 12.1 Å². The van der Waals surface area contributed by atoms with Crippen molar-refractivity contribution in [1.82, 2.24) is 25.4 Å². The second-order valence-corrected chi connectivity index (χ2v) is 7.12. The molecular weight excluding hydrogens is 316 g/mol. The summed E-state index contributed by atoms with van der Waals surface area (Å²) in [6.45, 7) is 4.32. The average molecular weight is 348 g/mol. The summed E-state index contributed by atoms with van der Waals surface area (Å²) >= 11 is 0. The maximum absolute atomic E-state index is 6.03. The van der Waals surface area contributed by atoms with Gasteiger partial charge in [0.05, 0.1) is 19.3 Å². The smallest absolute Gasteiger partial charge is 0.191 e. The molecule has 1 saturated carbocycles. The molecule has 25 heavy (non-hydrogen) atoms. The molecule has 7 nitrogen and oxygen atoms in total. The van der Waals surface area contributed by atoms with Crippen LogP contribution in [0.5, 0.6) is 0 Å². The molecule has 1 unspecified atom stereocenters. The van der Waals surface area contributed by atoms with E-state index in [1.807, 2.05) is 18.7 Å². The molecule has 2 aliphatic rings. The van der Waals surface area contributed by atoms with E-state index >= 15 is 0 Å². The molecule has 1 fully saturated rings. The molecule has 7 heteroatoms. The van der Waals surface area contributed by atoms with Gasteiger partial charge in [0.25, 0.3) is 0 Å². The Kier molecular flexibility index (Phi) is 6.67. The molecule has 1 aromatic heterocycles. The maximum atomic E-state index is 6.03. The minimum atomic E-state index is 0.336. The SMILES string of the molecule is CN=C(NCCOC1CCCCCC1)NC1CCc2nc(C)nn2C1. The van der Waals surface area contributed by atoms with Crippen LogP contribution in [-0.4, -0.2) is 53.1 Å². The summed E-state index contributed by atoms with van der Waals surface area (Å²) in [5.74, 6) is 2.79. The molecular formula is C18H32N6O. The largest absolute Gasteiger partial charge is 0.376 e. The van der Waals surface area contributed by atoms with Crippen LogP contribution >= 0.6 is 0 Å². The summed E-state index contributed by atoms with van der Waals surface area (Å²) in [7, 11) is 1.81. The fraction of sp³-hybridized carbons (Fsp3) is 0.833. The Balaban J connectivity index is 1.37. The van der Waals surface area contributed by atoms with Gasteiger partial charge in [-0.25, -0.2) is 9.67 Å². The van der Waals surface area contributed by atoms with Gasteiger partial charge < -0.3 is 15.4 Å². The number of ether oxygens (including phenoxy) is 1. The molecule has 0 radical (unpaired) electrons. The van der Waals surface area contributed by atoms with Crippen LogP contribution < -0.4 is 10.6 Å². The van der Waals surface area contributed by atoms with Crippen LogP contribution in [0.15, 0.2) is 4.99 Å². The lowest BCUT2D eigenvalue weighted by Gasteiger charge is -2.25. The Bertz CT molecular complexity index is 562. The van der Waals surface area contributed by atoms with Crippen LogP contribution in [0.25, 0.3) is 0 Å². The predicted molar refractivity (Wildman–Crippen MR) is 98.8 cm³/mol. The van der Waals surface area contributed by atoms with E-state index in [9.17, 15) is 0 Å². The molecule has 0 amide bonds. The fourth-order valence-electron chi connectivity index (χ4n) is 3.74. The highest BCUT2D eigenvalue weighted by Gasteiger charge is 2.21. The van der Waals surface area contributed by atoms with Gasteiger partial charge in [0.15, 0.2) is 5.96 Å². The van der Waals surface area contributed by atoms with Crippen LogP contribution in [-0.2, 0) is 17.7 Å². The first kappa shape index (κ1) is 18.2. The van der Waals surface area contributed by atoms with E-state index in [1.54, 1.807) is 0 Å². The average Bonchev–Trinajstić information content (AvgIpc) is 2.81. The van der Waals surface area contributed by atoms with Crippen molar-refractivity contribution in [2.24, 2.45) is 4.99 Å². The Hall–Kier alpha value is -1.63. The van der Waals surface area contributed by atoms with Crippen molar-refractivity contribution in [2.45, 2.75) is 77.0 Å². The van der Waals surface area contributed by atoms with E-state index in [0.717, 1.165) is 50.1 Å². The molecule has 0 spiro atoms. The van der Waals surface area contributed by atoms with Crippen molar-refractivity contribution in [3.05, 3.63) is 11.6 Å². The minimum absolute atomic E-state index is 0.336. The summed E-state index contributed by atoms with van der Waals surface area (Å²) in [4.78, 5) is 8.79. The lowest BCUT2D eigenvalue weighted by Crippen LogP contribution is -2.47. The van der Waals surface area contributed by atoms with Crippen LogP contribution in [0, 0.1) is 6.92 Å². The van der Waals surface area contributed by atoms with Crippen molar-refractivity contribution in [2.75, 3.05) is 20.2 Å². The number of nitrogens with one attached hydrogen (secondary N) is 2. The van der Waals surface area contributed by atoms with E-state index in [1.165, 1.54) is 38.5 Å². The number of aryl methyl sites for hydroxylation is 2. The number of hydrogen-bond acceptors (Lipinski definition) is 4. The molecule has 3 rings (SSSR count). The normalized spacial score (nSPS) is 22.3. The summed E-state index contributed by atoms with van der Waals surface area (Å²) < 4.78 is 8.04. The second kappa shape index (κ2) is 9.17. The van der Waals surface area contributed by atoms with Gasteiger partial charge in [-0.3, -0.25) is 4.99 Å². The van der Waals surface area contributed by atoms with E-state index < -0.39 is 0 Å². The molecule has 0 bridgehead atoms. The van der Waals surface area contributed by atoms with Crippen LogP contribution in [0.4, 0.5) is 0 Å². The van der Waals surface area contributed by atoms with Crippen molar-refractivity contribution in [3.63, 3.8) is 0 Å². The molecule has 1 atom stereocenters. The topological polar surface area (TPSA) is 76.4 Å². The lowest BCUT2D eigenvalue weighted by molar-refractivity contribution is 0.0467. The molecule has 0 aromatic carbocycles. The van der Waals surface area contributed by atoms with Crippen LogP contribution in [0.3, 0.4) is 0 Å². The number of rotatable bonds is 5. The Labute approximate surface area is 150 Å². The lowest BCUT2D eigenvalue weighted by atomic mass is 10.1. The van der Waals surface area contributed by atoms with Gasteiger partial charge in [-0.2, -0.15) is 5.10 Å². The standard InChI is InChI=1S/C18H32N6O/c1-14-21-17-10-9-15(13-24(17)23-14)22-18(19-2)20-11-12-25-16-7-5-3-4-6-8-16/h15-16H,3-13H2,1-2H3,(H2,19,20,22). The van der Waals surface area contributed by atoms with E-state index in [2.05, 4.69) is 25.7 Å². The molecule has 140 valence electrons. The maximum Gasteiger partial charge on any atom is 0.191 e. The van der Waals surface area contributed by atoms with Crippen molar-refractivity contribution < 1.29 is 4.74 Å². The van der Waals surface area contributed by atoms with Crippen molar-refractivity contribution >= 4 is 5.96 Å². The Morgan fingerprint density at radius 1 is 1.24 bits per heavy atom. The first-order valence-electron chi connectivity index (χ1n) is 9.73. The third kappa shape index (κ3) is 5.42. The highest BCUT2D eigenvalue weighted by Crippen LogP contribution is 2.19. The van der Waals surface area contributed by atoms with Gasteiger partial charge in [-0.1, -0.05) is 25.7 Å². The third-order valence-electron chi connectivity index (χ3n) is 5.08. The number of aliphatic imine (C=N–C) groups is 1. The second-order valence-electron chi connectivity index (χ2n) is 7.12. The number of hydrogen-bond donors (Lipinski definition) is 2. The first-order chi connectivity index (χ1) is 12.2. The highest BCUT2D eigenvalue weighted by molar-refractivity contribution is 5.79. The zero-order valence-electron chi connectivity index (χ0n) is 15.6. The zero-order chi connectivity index (χ0) is 17.5. The quantitative estimate of drug-likeness (QED) is 0.367. The van der Waals surface area contributed by atoms with Gasteiger partial charge in [-0.15, -0.1) is 0 Å². The molecule has 2 heterocycles. The molecule has 1 aliphatic carbocycles. The Morgan fingerprint density at radius 3 is 2.80 bits per heavy atom.